The van der Waals surface area contributed by atoms with Crippen LogP contribution in [0.2, 0.25) is 0 Å². The Morgan fingerprint density at radius 2 is 2.06 bits per heavy atom. The van der Waals surface area contributed by atoms with Gasteiger partial charge in [0.15, 0.2) is 0 Å². The second-order valence-electron chi connectivity index (χ2n) is 5.53. The first-order valence-corrected chi connectivity index (χ1v) is 7.02. The van der Waals surface area contributed by atoms with Crippen LogP contribution in [-0.2, 0) is 10.2 Å². The minimum Gasteiger partial charge on any atom is -0.321 e. The third-order valence-corrected chi connectivity index (χ3v) is 4.27. The second kappa shape index (κ2) is 5.66. The van der Waals surface area contributed by atoms with Crippen LogP contribution in [0, 0.1) is 0 Å². The third kappa shape index (κ3) is 2.64. The summed E-state index contributed by atoms with van der Waals surface area (Å²) in [5, 5.41) is 0. The summed E-state index contributed by atoms with van der Waals surface area (Å²) in [7, 11) is 0. The van der Waals surface area contributed by atoms with E-state index in [2.05, 4.69) is 31.2 Å². The summed E-state index contributed by atoms with van der Waals surface area (Å²) in [6, 6.07) is 10.3. The largest absolute Gasteiger partial charge is 0.321 e. The Morgan fingerprint density at radius 3 is 2.67 bits per heavy atom. The molecule has 0 aliphatic heterocycles. The average Bonchev–Trinajstić information content (AvgIpc) is 2.41. The molecule has 0 amide bonds. The highest BCUT2D eigenvalue weighted by Gasteiger charge is 2.39. The Bertz CT molecular complexity index is 401. The summed E-state index contributed by atoms with van der Waals surface area (Å²) in [4.78, 5) is 11.7. The zero-order chi connectivity index (χ0) is 13.0. The molecule has 0 radical (unpaired) electrons. The van der Waals surface area contributed by atoms with Gasteiger partial charge in [-0.15, -0.1) is 0 Å². The first kappa shape index (κ1) is 13.3. The average molecular weight is 245 g/mol. The molecule has 98 valence electrons. The van der Waals surface area contributed by atoms with Gasteiger partial charge >= 0.3 is 0 Å². The van der Waals surface area contributed by atoms with E-state index in [1.165, 1.54) is 18.4 Å². The maximum Gasteiger partial charge on any atom is 0.149 e. The van der Waals surface area contributed by atoms with E-state index >= 15 is 0 Å². The van der Waals surface area contributed by atoms with Gasteiger partial charge in [0, 0.05) is 6.42 Å². The van der Waals surface area contributed by atoms with Crippen molar-refractivity contribution in [3.63, 3.8) is 0 Å². The van der Waals surface area contributed by atoms with Crippen LogP contribution >= 0.6 is 0 Å². The molecule has 1 aromatic carbocycles. The number of Topliss-reactive ketones (excluding diaryl/α,β-unsaturated/α-hetero) is 1. The van der Waals surface area contributed by atoms with Crippen molar-refractivity contribution in [1.82, 2.24) is 0 Å². The fourth-order valence-corrected chi connectivity index (χ4v) is 3.13. The van der Waals surface area contributed by atoms with Gasteiger partial charge in [-0.2, -0.15) is 0 Å². The summed E-state index contributed by atoms with van der Waals surface area (Å²) in [5.74, 6) is 0.234. The molecule has 1 aromatic rings. The summed E-state index contributed by atoms with van der Waals surface area (Å²) in [5.41, 5.74) is 7.51. The highest BCUT2D eigenvalue weighted by atomic mass is 16.1. The number of benzene rings is 1. The van der Waals surface area contributed by atoms with Crippen molar-refractivity contribution in [3.8, 4) is 0 Å². The van der Waals surface area contributed by atoms with E-state index in [0.29, 0.717) is 6.42 Å². The van der Waals surface area contributed by atoms with Gasteiger partial charge < -0.3 is 5.73 Å². The molecule has 18 heavy (non-hydrogen) atoms. The van der Waals surface area contributed by atoms with Crippen LogP contribution in [0.15, 0.2) is 30.3 Å². The standard InChI is InChI=1S/C16H23NO/c1-2-3-10-16(13-7-5-4-6-8-13)11-9-15(18)14(17)12-16/h4-8,14H,2-3,9-12,17H2,1H3. The van der Waals surface area contributed by atoms with Gasteiger partial charge in [0.25, 0.3) is 0 Å². The first-order chi connectivity index (χ1) is 8.68. The number of hydrogen-bond acceptors (Lipinski definition) is 2. The number of carbonyl (C=O) groups excluding carboxylic acids is 1. The zero-order valence-corrected chi connectivity index (χ0v) is 11.2. The molecule has 0 heterocycles. The number of ketones is 1. The minimum absolute atomic E-state index is 0.130. The molecule has 2 nitrogen and oxygen atoms in total. The van der Waals surface area contributed by atoms with E-state index < -0.39 is 0 Å². The quantitative estimate of drug-likeness (QED) is 0.885. The lowest BCUT2D eigenvalue weighted by atomic mass is 9.65. The fourth-order valence-electron chi connectivity index (χ4n) is 3.13. The number of carbonyl (C=O) groups is 1. The summed E-state index contributed by atoms with van der Waals surface area (Å²) >= 11 is 0. The van der Waals surface area contributed by atoms with Crippen molar-refractivity contribution >= 4 is 5.78 Å². The van der Waals surface area contributed by atoms with Gasteiger partial charge in [0.05, 0.1) is 6.04 Å². The number of nitrogens with two attached hydrogens (primary N) is 1. The smallest absolute Gasteiger partial charge is 0.149 e. The van der Waals surface area contributed by atoms with Crippen LogP contribution in [-0.4, -0.2) is 11.8 Å². The third-order valence-electron chi connectivity index (χ3n) is 4.27. The van der Waals surface area contributed by atoms with Crippen molar-refractivity contribution in [3.05, 3.63) is 35.9 Å². The lowest BCUT2D eigenvalue weighted by Crippen LogP contribution is -2.45. The number of hydrogen-bond donors (Lipinski definition) is 1. The van der Waals surface area contributed by atoms with Crippen LogP contribution < -0.4 is 5.73 Å². The van der Waals surface area contributed by atoms with Gasteiger partial charge in [-0.25, -0.2) is 0 Å². The van der Waals surface area contributed by atoms with Crippen molar-refractivity contribution in [2.45, 2.75) is 56.9 Å². The van der Waals surface area contributed by atoms with E-state index in [0.717, 1.165) is 19.3 Å². The van der Waals surface area contributed by atoms with Crippen molar-refractivity contribution in [1.29, 1.82) is 0 Å². The van der Waals surface area contributed by atoms with E-state index in [1.54, 1.807) is 0 Å². The van der Waals surface area contributed by atoms with Crippen LogP contribution in [0.1, 0.15) is 51.0 Å². The molecule has 2 atom stereocenters. The Labute approximate surface area is 110 Å². The minimum atomic E-state index is -0.268. The van der Waals surface area contributed by atoms with Crippen molar-refractivity contribution < 1.29 is 4.79 Å². The van der Waals surface area contributed by atoms with Gasteiger partial charge in [-0.3, -0.25) is 4.79 Å². The van der Waals surface area contributed by atoms with Crippen LogP contribution in [0.25, 0.3) is 0 Å². The van der Waals surface area contributed by atoms with Crippen molar-refractivity contribution in [2.24, 2.45) is 5.73 Å². The van der Waals surface area contributed by atoms with Crippen LogP contribution in [0.5, 0.6) is 0 Å². The maximum absolute atomic E-state index is 11.7. The predicted molar refractivity (Wildman–Crippen MR) is 74.5 cm³/mol. The lowest BCUT2D eigenvalue weighted by molar-refractivity contribution is -0.123. The van der Waals surface area contributed by atoms with E-state index in [1.807, 2.05) is 6.07 Å². The Balaban J connectivity index is 2.26. The zero-order valence-electron chi connectivity index (χ0n) is 11.2. The summed E-state index contributed by atoms with van der Waals surface area (Å²) in [6.07, 6.45) is 5.96. The maximum atomic E-state index is 11.7. The molecule has 2 N–H and O–H groups in total. The second-order valence-corrected chi connectivity index (χ2v) is 5.53. The molecule has 2 rings (SSSR count). The Hall–Kier alpha value is -1.15. The highest BCUT2D eigenvalue weighted by molar-refractivity contribution is 5.85. The SMILES string of the molecule is CCCCC1(c2ccccc2)CCC(=O)C(N)C1. The Kier molecular flexibility index (Phi) is 4.18. The van der Waals surface area contributed by atoms with Gasteiger partial charge in [-0.05, 0) is 30.2 Å². The normalized spacial score (nSPS) is 28.3. The summed E-state index contributed by atoms with van der Waals surface area (Å²) in [6.45, 7) is 2.21. The molecule has 2 unspecified atom stereocenters. The molecule has 1 saturated carbocycles. The predicted octanol–water partition coefficient (Wildman–Crippen LogP) is 3.19. The molecular weight excluding hydrogens is 222 g/mol. The molecule has 0 spiro atoms. The molecule has 2 heteroatoms. The highest BCUT2D eigenvalue weighted by Crippen LogP contribution is 2.41. The molecular formula is C16H23NO. The fraction of sp³-hybridized carbons (Fsp3) is 0.562. The lowest BCUT2D eigenvalue weighted by Gasteiger charge is -2.40. The monoisotopic (exact) mass is 245 g/mol. The molecule has 1 aliphatic carbocycles. The molecule has 1 fully saturated rings. The Morgan fingerprint density at radius 1 is 1.33 bits per heavy atom. The van der Waals surface area contributed by atoms with Crippen LogP contribution in [0.3, 0.4) is 0 Å². The van der Waals surface area contributed by atoms with Crippen LogP contribution in [0.4, 0.5) is 0 Å². The first-order valence-electron chi connectivity index (χ1n) is 7.02. The van der Waals surface area contributed by atoms with E-state index in [4.69, 9.17) is 5.73 Å². The number of rotatable bonds is 4. The molecule has 1 aliphatic rings. The molecule has 0 saturated heterocycles. The number of unbranched alkanes of at least 4 members (excludes halogenated alkanes) is 1. The van der Waals surface area contributed by atoms with Gasteiger partial charge in [0.2, 0.25) is 0 Å². The van der Waals surface area contributed by atoms with E-state index in [-0.39, 0.29) is 17.2 Å². The topological polar surface area (TPSA) is 43.1 Å². The molecule has 0 bridgehead atoms. The summed E-state index contributed by atoms with van der Waals surface area (Å²) < 4.78 is 0. The van der Waals surface area contributed by atoms with E-state index in [9.17, 15) is 4.79 Å². The van der Waals surface area contributed by atoms with Gasteiger partial charge in [0.1, 0.15) is 5.78 Å². The van der Waals surface area contributed by atoms with Gasteiger partial charge in [-0.1, -0.05) is 50.1 Å². The molecule has 0 aromatic heterocycles. The van der Waals surface area contributed by atoms with Crippen molar-refractivity contribution in [2.75, 3.05) is 0 Å².